The van der Waals surface area contributed by atoms with Gasteiger partial charge in [-0.15, -0.1) is 0 Å². The van der Waals surface area contributed by atoms with Gasteiger partial charge in [-0.1, -0.05) is 13.3 Å². The van der Waals surface area contributed by atoms with Gasteiger partial charge in [0.1, 0.15) is 5.82 Å². The third-order valence-corrected chi connectivity index (χ3v) is 3.11. The number of pyridine rings is 1. The molecule has 3 atom stereocenters. The molecule has 3 heteroatoms. The average molecular weight is 195 g/mol. The number of rotatable bonds is 2. The Morgan fingerprint density at radius 3 is 2.86 bits per heavy atom. The summed E-state index contributed by atoms with van der Waals surface area (Å²) in [4.78, 5) is 4.05. The van der Waals surface area contributed by atoms with Gasteiger partial charge in [-0.3, -0.25) is 4.98 Å². The second-order valence-corrected chi connectivity index (χ2v) is 3.88. The monoisotopic (exact) mass is 195 g/mol. The molecule has 0 radical (unpaired) electrons. The lowest BCUT2D eigenvalue weighted by Crippen LogP contribution is -2.39. The van der Waals surface area contributed by atoms with Crippen molar-refractivity contribution in [1.82, 2.24) is 4.98 Å². The van der Waals surface area contributed by atoms with Crippen LogP contribution in [0.25, 0.3) is 0 Å². The molecule has 76 valence electrons. The quantitative estimate of drug-likeness (QED) is 0.783. The number of hydrogen-bond acceptors (Lipinski definition) is 2. The van der Waals surface area contributed by atoms with E-state index >= 15 is 0 Å². The smallest absolute Gasteiger partial charge is 0.141 e. The lowest BCUT2D eigenvalue weighted by Gasteiger charge is -2.40. The maximum Gasteiger partial charge on any atom is 0.141 e. The first-order valence-corrected chi connectivity index (χ1v) is 5.02. The zero-order valence-corrected chi connectivity index (χ0v) is 8.15. The molecule has 1 saturated carbocycles. The summed E-state index contributed by atoms with van der Waals surface area (Å²) in [6.45, 7) is 2.06. The van der Waals surface area contributed by atoms with Crippen LogP contribution in [0.15, 0.2) is 18.3 Å². The van der Waals surface area contributed by atoms with Crippen LogP contribution in [-0.4, -0.2) is 16.2 Å². The minimum absolute atomic E-state index is 0.197. The molecule has 2 nitrogen and oxygen atoms in total. The fourth-order valence-corrected chi connectivity index (χ4v) is 2.19. The molecule has 1 aliphatic rings. The van der Waals surface area contributed by atoms with Crippen molar-refractivity contribution in [2.75, 3.05) is 0 Å². The van der Waals surface area contributed by atoms with Crippen molar-refractivity contribution in [3.05, 3.63) is 29.8 Å². The van der Waals surface area contributed by atoms with E-state index in [-0.39, 0.29) is 11.9 Å². The van der Waals surface area contributed by atoms with Gasteiger partial charge in [-0.2, -0.15) is 0 Å². The molecule has 0 bridgehead atoms. The zero-order chi connectivity index (χ0) is 10.1. The molecular formula is C11H14FNO. The molecule has 1 aromatic rings. The van der Waals surface area contributed by atoms with Gasteiger partial charge in [0.15, 0.2) is 0 Å². The highest BCUT2D eigenvalue weighted by Crippen LogP contribution is 2.43. The Labute approximate surface area is 82.8 Å². The van der Waals surface area contributed by atoms with E-state index in [2.05, 4.69) is 11.9 Å². The number of halogens is 1. The van der Waals surface area contributed by atoms with Gasteiger partial charge in [0.2, 0.25) is 0 Å². The Bertz CT molecular complexity index is 312. The first-order chi connectivity index (χ1) is 6.72. The van der Waals surface area contributed by atoms with E-state index in [1.807, 2.05) is 0 Å². The van der Waals surface area contributed by atoms with Crippen molar-refractivity contribution >= 4 is 0 Å². The van der Waals surface area contributed by atoms with Crippen LogP contribution in [0.4, 0.5) is 4.39 Å². The number of aliphatic hydroxyl groups is 1. The molecule has 1 aliphatic carbocycles. The molecule has 1 aromatic heterocycles. The Morgan fingerprint density at radius 2 is 2.36 bits per heavy atom. The first kappa shape index (κ1) is 9.59. The average Bonchev–Trinajstić information content (AvgIpc) is 2.16. The topological polar surface area (TPSA) is 33.1 Å². The van der Waals surface area contributed by atoms with Gasteiger partial charge in [-0.25, -0.2) is 4.39 Å². The summed E-state index contributed by atoms with van der Waals surface area (Å²) in [5.41, 5.74) is 0.906. The maximum absolute atomic E-state index is 12.6. The van der Waals surface area contributed by atoms with Crippen molar-refractivity contribution < 1.29 is 9.50 Å². The second-order valence-electron chi connectivity index (χ2n) is 3.88. The standard InChI is InChI=1S/C11H14FNO/c1-2-8-9(5-11(8)14)10-4-3-7(12)6-13-10/h3-4,6,8-9,11,14H,2,5H2,1H3. The number of aliphatic hydroxyl groups excluding tert-OH is 1. The fraction of sp³-hybridized carbons (Fsp3) is 0.545. The molecular weight excluding hydrogens is 181 g/mol. The summed E-state index contributed by atoms with van der Waals surface area (Å²) in [6, 6.07) is 3.15. The maximum atomic E-state index is 12.6. The molecule has 2 rings (SSSR count). The lowest BCUT2D eigenvalue weighted by atomic mass is 9.68. The SMILES string of the molecule is CCC1C(O)CC1c1ccc(F)cn1. The van der Waals surface area contributed by atoms with E-state index in [0.717, 1.165) is 18.5 Å². The first-order valence-electron chi connectivity index (χ1n) is 5.02. The lowest BCUT2D eigenvalue weighted by molar-refractivity contribution is -0.00218. The van der Waals surface area contributed by atoms with Crippen LogP contribution < -0.4 is 0 Å². The molecule has 0 spiro atoms. The van der Waals surface area contributed by atoms with Crippen LogP contribution in [0.2, 0.25) is 0 Å². The van der Waals surface area contributed by atoms with E-state index in [1.165, 1.54) is 12.3 Å². The molecule has 1 N–H and O–H groups in total. The summed E-state index contributed by atoms with van der Waals surface area (Å²) < 4.78 is 12.6. The molecule has 3 unspecified atom stereocenters. The number of aromatic nitrogens is 1. The van der Waals surface area contributed by atoms with E-state index in [0.29, 0.717) is 11.8 Å². The van der Waals surface area contributed by atoms with Gasteiger partial charge in [-0.05, 0) is 24.5 Å². The predicted octanol–water partition coefficient (Wildman–Crippen LogP) is 2.10. The largest absolute Gasteiger partial charge is 0.393 e. The summed E-state index contributed by atoms with van der Waals surface area (Å²) >= 11 is 0. The van der Waals surface area contributed by atoms with Crippen LogP contribution in [0.3, 0.4) is 0 Å². The zero-order valence-electron chi connectivity index (χ0n) is 8.15. The van der Waals surface area contributed by atoms with E-state index in [1.54, 1.807) is 6.07 Å². The fourth-order valence-electron chi connectivity index (χ4n) is 2.19. The third kappa shape index (κ3) is 1.52. The minimum atomic E-state index is -0.304. The van der Waals surface area contributed by atoms with Gasteiger partial charge in [0.25, 0.3) is 0 Å². The van der Waals surface area contributed by atoms with Crippen LogP contribution in [-0.2, 0) is 0 Å². The summed E-state index contributed by atoms with van der Waals surface area (Å²) in [6.07, 6.45) is 2.76. The summed E-state index contributed by atoms with van der Waals surface area (Å²) in [5, 5.41) is 9.49. The highest BCUT2D eigenvalue weighted by Gasteiger charge is 2.39. The molecule has 0 aromatic carbocycles. The van der Waals surface area contributed by atoms with Crippen molar-refractivity contribution in [3.8, 4) is 0 Å². The highest BCUT2D eigenvalue weighted by molar-refractivity contribution is 5.16. The molecule has 0 amide bonds. The van der Waals surface area contributed by atoms with Gasteiger partial charge < -0.3 is 5.11 Å². The van der Waals surface area contributed by atoms with Crippen molar-refractivity contribution in [1.29, 1.82) is 0 Å². The van der Waals surface area contributed by atoms with E-state index in [9.17, 15) is 9.50 Å². The van der Waals surface area contributed by atoms with Gasteiger partial charge >= 0.3 is 0 Å². The van der Waals surface area contributed by atoms with Crippen LogP contribution in [0.1, 0.15) is 31.4 Å². The van der Waals surface area contributed by atoms with Gasteiger partial charge in [0, 0.05) is 11.6 Å². The van der Waals surface area contributed by atoms with Crippen molar-refractivity contribution in [2.45, 2.75) is 31.8 Å². The Balaban J connectivity index is 2.13. The Kier molecular flexibility index (Phi) is 2.50. The Morgan fingerprint density at radius 1 is 1.57 bits per heavy atom. The normalized spacial score (nSPS) is 31.2. The highest BCUT2D eigenvalue weighted by atomic mass is 19.1. The van der Waals surface area contributed by atoms with Gasteiger partial charge in [0.05, 0.1) is 12.3 Å². The number of hydrogen-bond donors (Lipinski definition) is 1. The molecule has 0 saturated heterocycles. The van der Waals surface area contributed by atoms with E-state index in [4.69, 9.17) is 0 Å². The van der Waals surface area contributed by atoms with Crippen molar-refractivity contribution in [2.24, 2.45) is 5.92 Å². The molecule has 0 aliphatic heterocycles. The van der Waals surface area contributed by atoms with E-state index < -0.39 is 0 Å². The van der Waals surface area contributed by atoms with Crippen LogP contribution in [0, 0.1) is 11.7 Å². The molecule has 14 heavy (non-hydrogen) atoms. The second kappa shape index (κ2) is 3.65. The minimum Gasteiger partial charge on any atom is -0.393 e. The predicted molar refractivity (Wildman–Crippen MR) is 51.3 cm³/mol. The summed E-state index contributed by atoms with van der Waals surface area (Å²) in [7, 11) is 0. The molecule has 1 fully saturated rings. The number of nitrogens with zero attached hydrogens (tertiary/aromatic N) is 1. The Hall–Kier alpha value is -0.960. The van der Waals surface area contributed by atoms with Crippen LogP contribution >= 0.6 is 0 Å². The third-order valence-electron chi connectivity index (χ3n) is 3.11. The summed E-state index contributed by atoms with van der Waals surface area (Å²) in [5.74, 6) is 0.310. The van der Waals surface area contributed by atoms with Crippen molar-refractivity contribution in [3.63, 3.8) is 0 Å². The molecule has 1 heterocycles. The van der Waals surface area contributed by atoms with Crippen LogP contribution in [0.5, 0.6) is 0 Å².